The van der Waals surface area contributed by atoms with E-state index in [0.29, 0.717) is 26.1 Å². The standard InChI is InChI=1S/C20H25F3N4O3/c1-25-11-8-24-18(25)19(29,20(21,22)23)14-17(28)27-10-3-9-26(12-13-27)15-4-6-16(30-2)7-5-15/h4-8,11,29H,3,9-10,12-14H2,1-2H3. The van der Waals surface area contributed by atoms with Gasteiger partial charge in [-0.3, -0.25) is 4.79 Å². The Morgan fingerprint density at radius 1 is 1.17 bits per heavy atom. The third kappa shape index (κ3) is 4.38. The lowest BCUT2D eigenvalue weighted by molar-refractivity contribution is -0.271. The molecule has 0 radical (unpaired) electrons. The van der Waals surface area contributed by atoms with Crippen LogP contribution in [0.15, 0.2) is 36.7 Å². The van der Waals surface area contributed by atoms with Gasteiger partial charge in [0.15, 0.2) is 5.82 Å². The second kappa shape index (κ2) is 8.55. The number of aromatic nitrogens is 2. The summed E-state index contributed by atoms with van der Waals surface area (Å²) < 4.78 is 47.4. The van der Waals surface area contributed by atoms with Gasteiger partial charge in [-0.2, -0.15) is 13.2 Å². The van der Waals surface area contributed by atoms with E-state index in [0.717, 1.165) is 22.2 Å². The van der Waals surface area contributed by atoms with Crippen LogP contribution in [0, 0.1) is 0 Å². The lowest BCUT2D eigenvalue weighted by atomic mass is 9.96. The highest BCUT2D eigenvalue weighted by Crippen LogP contribution is 2.41. The van der Waals surface area contributed by atoms with Crippen molar-refractivity contribution in [2.45, 2.75) is 24.6 Å². The molecule has 1 aliphatic heterocycles. The molecular weight excluding hydrogens is 401 g/mol. The maximum atomic E-state index is 13.7. The molecule has 1 aliphatic rings. The number of benzene rings is 1. The topological polar surface area (TPSA) is 70.8 Å². The number of amides is 1. The molecule has 1 unspecified atom stereocenters. The van der Waals surface area contributed by atoms with Gasteiger partial charge in [0, 0.05) is 51.3 Å². The Bertz CT molecular complexity index is 869. The van der Waals surface area contributed by atoms with E-state index in [1.165, 1.54) is 18.1 Å². The van der Waals surface area contributed by atoms with Gasteiger partial charge in [0.2, 0.25) is 11.5 Å². The van der Waals surface area contributed by atoms with Crippen molar-refractivity contribution >= 4 is 11.6 Å². The number of methoxy groups -OCH3 is 1. The molecule has 3 rings (SSSR count). The molecule has 0 saturated carbocycles. The van der Waals surface area contributed by atoms with Gasteiger partial charge >= 0.3 is 6.18 Å². The molecule has 10 heteroatoms. The van der Waals surface area contributed by atoms with E-state index in [2.05, 4.69) is 9.88 Å². The Labute approximate surface area is 172 Å². The van der Waals surface area contributed by atoms with E-state index >= 15 is 0 Å². The highest BCUT2D eigenvalue weighted by atomic mass is 19.4. The van der Waals surface area contributed by atoms with Crippen LogP contribution in [0.2, 0.25) is 0 Å². The maximum absolute atomic E-state index is 13.7. The number of hydrogen-bond acceptors (Lipinski definition) is 5. The van der Waals surface area contributed by atoms with E-state index in [1.807, 2.05) is 24.3 Å². The minimum absolute atomic E-state index is 0.263. The van der Waals surface area contributed by atoms with Crippen molar-refractivity contribution in [1.29, 1.82) is 0 Å². The van der Waals surface area contributed by atoms with E-state index < -0.39 is 29.9 Å². The molecule has 0 aliphatic carbocycles. The number of aryl methyl sites for hydroxylation is 1. The molecule has 1 saturated heterocycles. The third-order valence-corrected chi connectivity index (χ3v) is 5.35. The van der Waals surface area contributed by atoms with Crippen LogP contribution in [0.25, 0.3) is 0 Å². The van der Waals surface area contributed by atoms with Crippen molar-refractivity contribution in [2.24, 2.45) is 7.05 Å². The summed E-state index contributed by atoms with van der Waals surface area (Å²) in [5.74, 6) is -0.626. The molecule has 30 heavy (non-hydrogen) atoms. The highest BCUT2D eigenvalue weighted by molar-refractivity contribution is 5.77. The normalized spacial score (nSPS) is 17.4. The van der Waals surface area contributed by atoms with Gasteiger partial charge in [-0.1, -0.05) is 0 Å². The summed E-state index contributed by atoms with van der Waals surface area (Å²) in [6.07, 6.45) is -3.08. The minimum atomic E-state index is -5.04. The monoisotopic (exact) mass is 426 g/mol. The first-order chi connectivity index (χ1) is 14.2. The molecule has 1 aromatic carbocycles. The molecule has 2 heterocycles. The van der Waals surface area contributed by atoms with Crippen LogP contribution in [0.5, 0.6) is 5.75 Å². The lowest BCUT2D eigenvalue weighted by Crippen LogP contribution is -2.49. The van der Waals surface area contributed by atoms with E-state index in [4.69, 9.17) is 4.74 Å². The van der Waals surface area contributed by atoms with Crippen LogP contribution < -0.4 is 9.64 Å². The molecular formula is C20H25F3N4O3. The molecule has 1 aromatic heterocycles. The van der Waals surface area contributed by atoms with Crippen molar-refractivity contribution in [3.8, 4) is 5.75 Å². The lowest BCUT2D eigenvalue weighted by Gasteiger charge is -2.31. The Morgan fingerprint density at radius 2 is 1.87 bits per heavy atom. The van der Waals surface area contributed by atoms with Crippen molar-refractivity contribution in [1.82, 2.24) is 14.5 Å². The molecule has 1 amide bonds. The number of ether oxygens (including phenoxy) is 1. The van der Waals surface area contributed by atoms with Crippen molar-refractivity contribution in [3.63, 3.8) is 0 Å². The first-order valence-electron chi connectivity index (χ1n) is 9.59. The Morgan fingerprint density at radius 3 is 2.43 bits per heavy atom. The fourth-order valence-electron chi connectivity index (χ4n) is 3.62. The molecule has 2 aromatic rings. The Kier molecular flexibility index (Phi) is 6.25. The highest BCUT2D eigenvalue weighted by Gasteiger charge is 2.59. The summed E-state index contributed by atoms with van der Waals surface area (Å²) in [5, 5.41) is 10.5. The van der Waals surface area contributed by atoms with Gasteiger partial charge < -0.3 is 24.2 Å². The van der Waals surface area contributed by atoms with Crippen molar-refractivity contribution in [3.05, 3.63) is 42.5 Å². The summed E-state index contributed by atoms with van der Waals surface area (Å²) in [6.45, 7) is 1.73. The molecule has 1 fully saturated rings. The second-order valence-electron chi connectivity index (χ2n) is 7.32. The largest absolute Gasteiger partial charge is 0.497 e. The fourth-order valence-corrected chi connectivity index (χ4v) is 3.62. The summed E-state index contributed by atoms with van der Waals surface area (Å²) in [4.78, 5) is 19.8. The molecule has 1 atom stereocenters. The fraction of sp³-hybridized carbons (Fsp3) is 0.500. The van der Waals surface area contributed by atoms with Crippen LogP contribution in [0.3, 0.4) is 0 Å². The summed E-state index contributed by atoms with van der Waals surface area (Å²) in [5.41, 5.74) is -2.39. The van der Waals surface area contributed by atoms with E-state index in [1.54, 1.807) is 7.11 Å². The maximum Gasteiger partial charge on any atom is 0.425 e. The number of alkyl halides is 3. The van der Waals surface area contributed by atoms with Crippen LogP contribution in [-0.2, 0) is 17.4 Å². The number of nitrogens with zero attached hydrogens (tertiary/aromatic N) is 4. The van der Waals surface area contributed by atoms with Crippen LogP contribution >= 0.6 is 0 Å². The summed E-state index contributed by atoms with van der Waals surface area (Å²) in [7, 11) is 2.93. The Balaban J connectivity index is 1.71. The summed E-state index contributed by atoms with van der Waals surface area (Å²) in [6, 6.07) is 7.47. The number of anilines is 1. The number of halogens is 3. The van der Waals surface area contributed by atoms with Crippen molar-refractivity contribution < 1.29 is 27.8 Å². The first kappa shape index (κ1) is 21.9. The van der Waals surface area contributed by atoms with Crippen LogP contribution in [0.1, 0.15) is 18.7 Å². The second-order valence-corrected chi connectivity index (χ2v) is 7.32. The van der Waals surface area contributed by atoms with Crippen molar-refractivity contribution in [2.75, 3.05) is 38.2 Å². The quantitative estimate of drug-likeness (QED) is 0.795. The summed E-state index contributed by atoms with van der Waals surface area (Å²) >= 11 is 0. The number of carbonyl (C=O) groups is 1. The zero-order valence-corrected chi connectivity index (χ0v) is 16.9. The van der Waals surface area contributed by atoms with Crippen LogP contribution in [-0.4, -0.2) is 64.9 Å². The zero-order valence-electron chi connectivity index (χ0n) is 16.9. The average Bonchev–Trinajstić information content (AvgIpc) is 2.99. The third-order valence-electron chi connectivity index (χ3n) is 5.35. The van der Waals surface area contributed by atoms with Gasteiger partial charge in [0.1, 0.15) is 5.75 Å². The van der Waals surface area contributed by atoms with Gasteiger partial charge in [-0.05, 0) is 30.7 Å². The van der Waals surface area contributed by atoms with Gasteiger partial charge in [-0.15, -0.1) is 0 Å². The van der Waals surface area contributed by atoms with E-state index in [9.17, 15) is 23.1 Å². The molecule has 0 bridgehead atoms. The Hall–Kier alpha value is -2.75. The smallest absolute Gasteiger partial charge is 0.425 e. The number of imidazole rings is 1. The van der Waals surface area contributed by atoms with Gasteiger partial charge in [-0.25, -0.2) is 4.98 Å². The number of carbonyl (C=O) groups excluding carboxylic acids is 1. The minimum Gasteiger partial charge on any atom is -0.497 e. The number of hydrogen-bond donors (Lipinski definition) is 1. The number of aliphatic hydroxyl groups is 1. The average molecular weight is 426 g/mol. The zero-order chi connectivity index (χ0) is 21.9. The molecule has 164 valence electrons. The first-order valence-corrected chi connectivity index (χ1v) is 9.59. The predicted molar refractivity (Wildman–Crippen MR) is 104 cm³/mol. The van der Waals surface area contributed by atoms with Gasteiger partial charge in [0.25, 0.3) is 0 Å². The SMILES string of the molecule is COc1ccc(N2CCCN(C(=O)CC(O)(c3nccn3C)C(F)(F)F)CC2)cc1. The van der Waals surface area contributed by atoms with Gasteiger partial charge in [0.05, 0.1) is 13.5 Å². The van der Waals surface area contributed by atoms with Crippen LogP contribution in [0.4, 0.5) is 18.9 Å². The van der Waals surface area contributed by atoms with E-state index in [-0.39, 0.29) is 6.54 Å². The molecule has 1 N–H and O–H groups in total. The number of rotatable bonds is 5. The molecule has 7 nitrogen and oxygen atoms in total. The molecule has 0 spiro atoms. The predicted octanol–water partition coefficient (Wildman–Crippen LogP) is 2.31.